The van der Waals surface area contributed by atoms with Gasteiger partial charge in [0.1, 0.15) is 11.5 Å². The van der Waals surface area contributed by atoms with Gasteiger partial charge < -0.3 is 15.1 Å². The van der Waals surface area contributed by atoms with Gasteiger partial charge in [-0.1, -0.05) is 6.07 Å². The molecule has 1 amide bonds. The number of anilines is 2. The first-order valence-corrected chi connectivity index (χ1v) is 9.34. The SMILES string of the molecule is O=C(NCc1ccncc1)c1cc(N2CCN(c3ccccn3)CC2)ccn1. The second-order valence-electron chi connectivity index (χ2n) is 6.60. The van der Waals surface area contributed by atoms with E-state index >= 15 is 0 Å². The number of carbonyl (C=O) groups excluding carboxylic acids is 1. The molecule has 1 aliphatic heterocycles. The molecule has 0 aromatic carbocycles. The Morgan fingerprint density at radius 1 is 0.893 bits per heavy atom. The van der Waals surface area contributed by atoms with E-state index in [1.54, 1.807) is 18.6 Å². The van der Waals surface area contributed by atoms with Crippen LogP contribution in [0.3, 0.4) is 0 Å². The van der Waals surface area contributed by atoms with Crippen molar-refractivity contribution < 1.29 is 4.79 Å². The summed E-state index contributed by atoms with van der Waals surface area (Å²) in [6.07, 6.45) is 6.94. The van der Waals surface area contributed by atoms with E-state index in [0.29, 0.717) is 12.2 Å². The monoisotopic (exact) mass is 374 g/mol. The minimum Gasteiger partial charge on any atom is -0.368 e. The molecule has 28 heavy (non-hydrogen) atoms. The van der Waals surface area contributed by atoms with Crippen molar-refractivity contribution in [3.8, 4) is 0 Å². The van der Waals surface area contributed by atoms with E-state index in [1.807, 2.05) is 48.7 Å². The molecular weight excluding hydrogens is 352 g/mol. The lowest BCUT2D eigenvalue weighted by Crippen LogP contribution is -2.46. The maximum Gasteiger partial charge on any atom is 0.270 e. The second kappa shape index (κ2) is 8.47. The van der Waals surface area contributed by atoms with E-state index < -0.39 is 0 Å². The Labute approximate surface area is 164 Å². The zero-order valence-corrected chi connectivity index (χ0v) is 15.5. The van der Waals surface area contributed by atoms with Gasteiger partial charge in [0, 0.05) is 63.2 Å². The maximum absolute atomic E-state index is 12.5. The van der Waals surface area contributed by atoms with E-state index in [4.69, 9.17) is 0 Å². The first-order chi connectivity index (χ1) is 13.8. The van der Waals surface area contributed by atoms with Crippen molar-refractivity contribution in [2.75, 3.05) is 36.0 Å². The van der Waals surface area contributed by atoms with Crippen molar-refractivity contribution >= 4 is 17.4 Å². The summed E-state index contributed by atoms with van der Waals surface area (Å²) in [6, 6.07) is 13.5. The number of carbonyl (C=O) groups is 1. The molecule has 0 unspecified atom stereocenters. The van der Waals surface area contributed by atoms with Gasteiger partial charge in [0.25, 0.3) is 5.91 Å². The number of piperazine rings is 1. The fraction of sp³-hybridized carbons (Fsp3) is 0.238. The Balaban J connectivity index is 1.37. The molecule has 0 radical (unpaired) electrons. The van der Waals surface area contributed by atoms with Gasteiger partial charge in [-0.3, -0.25) is 14.8 Å². The Hall–Kier alpha value is -3.48. The highest BCUT2D eigenvalue weighted by Crippen LogP contribution is 2.19. The van der Waals surface area contributed by atoms with Crippen molar-refractivity contribution in [2.45, 2.75) is 6.54 Å². The van der Waals surface area contributed by atoms with Crippen LogP contribution in [0.2, 0.25) is 0 Å². The average molecular weight is 374 g/mol. The van der Waals surface area contributed by atoms with E-state index in [2.05, 4.69) is 30.1 Å². The Morgan fingerprint density at radius 3 is 2.43 bits per heavy atom. The summed E-state index contributed by atoms with van der Waals surface area (Å²) in [5.74, 6) is 0.832. The topological polar surface area (TPSA) is 74.2 Å². The van der Waals surface area contributed by atoms with E-state index in [0.717, 1.165) is 43.2 Å². The molecule has 1 N–H and O–H groups in total. The van der Waals surface area contributed by atoms with Crippen LogP contribution >= 0.6 is 0 Å². The van der Waals surface area contributed by atoms with Crippen LogP contribution < -0.4 is 15.1 Å². The highest BCUT2D eigenvalue weighted by atomic mass is 16.1. The molecule has 7 heteroatoms. The molecule has 4 heterocycles. The van der Waals surface area contributed by atoms with Gasteiger partial charge in [0.15, 0.2) is 0 Å². The number of rotatable bonds is 5. The van der Waals surface area contributed by atoms with Crippen LogP contribution in [0, 0.1) is 0 Å². The van der Waals surface area contributed by atoms with Crippen molar-refractivity contribution in [3.05, 3.63) is 78.5 Å². The summed E-state index contributed by atoms with van der Waals surface area (Å²) < 4.78 is 0. The van der Waals surface area contributed by atoms with Crippen LogP contribution in [0.25, 0.3) is 0 Å². The molecule has 0 spiro atoms. The smallest absolute Gasteiger partial charge is 0.270 e. The van der Waals surface area contributed by atoms with Crippen LogP contribution in [0.5, 0.6) is 0 Å². The maximum atomic E-state index is 12.5. The fourth-order valence-electron chi connectivity index (χ4n) is 3.25. The van der Waals surface area contributed by atoms with Gasteiger partial charge in [-0.2, -0.15) is 0 Å². The van der Waals surface area contributed by atoms with Gasteiger partial charge >= 0.3 is 0 Å². The van der Waals surface area contributed by atoms with E-state index in [9.17, 15) is 4.79 Å². The second-order valence-corrected chi connectivity index (χ2v) is 6.60. The predicted molar refractivity (Wildman–Crippen MR) is 108 cm³/mol. The number of nitrogens with one attached hydrogen (secondary N) is 1. The minimum absolute atomic E-state index is 0.175. The molecular formula is C21H22N6O. The molecule has 0 saturated carbocycles. The number of amides is 1. The largest absolute Gasteiger partial charge is 0.368 e. The molecule has 4 rings (SSSR count). The predicted octanol–water partition coefficient (Wildman–Crippen LogP) is 2.13. The summed E-state index contributed by atoms with van der Waals surface area (Å²) in [5, 5.41) is 2.91. The van der Waals surface area contributed by atoms with Crippen molar-refractivity contribution in [2.24, 2.45) is 0 Å². The normalized spacial score (nSPS) is 14.0. The number of pyridine rings is 3. The molecule has 0 atom stereocenters. The van der Waals surface area contributed by atoms with E-state index in [-0.39, 0.29) is 5.91 Å². The lowest BCUT2D eigenvalue weighted by atomic mass is 10.2. The summed E-state index contributed by atoms with van der Waals surface area (Å²) in [4.78, 5) is 29.7. The van der Waals surface area contributed by atoms with Crippen LogP contribution in [-0.4, -0.2) is 47.0 Å². The third kappa shape index (κ3) is 4.25. The summed E-state index contributed by atoms with van der Waals surface area (Å²) in [6.45, 7) is 3.99. The molecule has 3 aromatic rings. The van der Waals surface area contributed by atoms with Crippen molar-refractivity contribution in [1.29, 1.82) is 0 Å². The zero-order chi connectivity index (χ0) is 19.2. The average Bonchev–Trinajstić information content (AvgIpc) is 2.79. The Morgan fingerprint density at radius 2 is 1.68 bits per heavy atom. The molecule has 7 nitrogen and oxygen atoms in total. The first kappa shape index (κ1) is 17.9. The molecule has 0 bridgehead atoms. The molecule has 1 aliphatic rings. The highest BCUT2D eigenvalue weighted by Gasteiger charge is 2.19. The third-order valence-electron chi connectivity index (χ3n) is 4.80. The molecule has 142 valence electrons. The van der Waals surface area contributed by atoms with Gasteiger partial charge in [0.05, 0.1) is 0 Å². The Kier molecular flexibility index (Phi) is 5.42. The van der Waals surface area contributed by atoms with Gasteiger partial charge in [-0.25, -0.2) is 4.98 Å². The summed E-state index contributed by atoms with van der Waals surface area (Å²) in [5.41, 5.74) is 2.45. The van der Waals surface area contributed by atoms with Gasteiger partial charge in [-0.05, 0) is 42.0 Å². The molecule has 1 saturated heterocycles. The summed E-state index contributed by atoms with van der Waals surface area (Å²) in [7, 11) is 0. The zero-order valence-electron chi connectivity index (χ0n) is 15.5. The standard InChI is InChI=1S/C21H22N6O/c28-21(25-16-17-4-8-22-9-5-17)19-15-18(6-10-23-19)26-11-13-27(14-12-26)20-3-1-2-7-24-20/h1-10,15H,11-14,16H2,(H,25,28). The van der Waals surface area contributed by atoms with Crippen molar-refractivity contribution in [1.82, 2.24) is 20.3 Å². The highest BCUT2D eigenvalue weighted by molar-refractivity contribution is 5.93. The molecule has 1 fully saturated rings. The number of hydrogen-bond donors (Lipinski definition) is 1. The number of nitrogens with zero attached hydrogens (tertiary/aromatic N) is 5. The minimum atomic E-state index is -0.175. The first-order valence-electron chi connectivity index (χ1n) is 9.34. The van der Waals surface area contributed by atoms with E-state index in [1.165, 1.54) is 0 Å². The van der Waals surface area contributed by atoms with Crippen LogP contribution in [0.4, 0.5) is 11.5 Å². The molecule has 0 aliphatic carbocycles. The molecule has 3 aromatic heterocycles. The van der Waals surface area contributed by atoms with Gasteiger partial charge in [0.2, 0.25) is 0 Å². The third-order valence-corrected chi connectivity index (χ3v) is 4.80. The van der Waals surface area contributed by atoms with Crippen LogP contribution in [0.1, 0.15) is 16.1 Å². The summed E-state index contributed by atoms with van der Waals surface area (Å²) >= 11 is 0. The number of aromatic nitrogens is 3. The number of hydrogen-bond acceptors (Lipinski definition) is 6. The van der Waals surface area contributed by atoms with Gasteiger partial charge in [-0.15, -0.1) is 0 Å². The Bertz CT molecular complexity index is 910. The van der Waals surface area contributed by atoms with Crippen LogP contribution in [0.15, 0.2) is 67.3 Å². The van der Waals surface area contributed by atoms with Crippen LogP contribution in [-0.2, 0) is 6.54 Å². The lowest BCUT2D eigenvalue weighted by molar-refractivity contribution is 0.0946. The quantitative estimate of drug-likeness (QED) is 0.737. The van der Waals surface area contributed by atoms with Crippen molar-refractivity contribution in [3.63, 3.8) is 0 Å². The lowest BCUT2D eigenvalue weighted by Gasteiger charge is -2.36. The fourth-order valence-corrected chi connectivity index (χ4v) is 3.25.